The van der Waals surface area contributed by atoms with Crippen molar-refractivity contribution in [2.24, 2.45) is 11.1 Å². The molecule has 0 unspecified atom stereocenters. The third-order valence-corrected chi connectivity index (χ3v) is 4.19. The van der Waals surface area contributed by atoms with Crippen molar-refractivity contribution in [2.75, 3.05) is 6.54 Å². The first-order chi connectivity index (χ1) is 8.61. The standard InChI is InChI=1S/C17H25N/c1-17(2)11-9-16(10-12-17)15-7-5-14(6-8-15)4-3-13-18/h3-8,16H,9-13,18H2,1-2H3/b4-3+. The van der Waals surface area contributed by atoms with Gasteiger partial charge in [0, 0.05) is 6.54 Å². The fourth-order valence-corrected chi connectivity index (χ4v) is 2.82. The number of benzene rings is 1. The first-order valence-corrected chi connectivity index (χ1v) is 7.07. The van der Waals surface area contributed by atoms with Crippen LogP contribution < -0.4 is 5.73 Å². The fourth-order valence-electron chi connectivity index (χ4n) is 2.82. The molecule has 1 fully saturated rings. The maximum absolute atomic E-state index is 5.46. The van der Waals surface area contributed by atoms with Crippen LogP contribution in [0.15, 0.2) is 30.3 Å². The van der Waals surface area contributed by atoms with Gasteiger partial charge in [0.25, 0.3) is 0 Å². The van der Waals surface area contributed by atoms with E-state index >= 15 is 0 Å². The Kier molecular flexibility index (Phi) is 4.23. The van der Waals surface area contributed by atoms with E-state index in [1.54, 1.807) is 0 Å². The second-order valence-corrected chi connectivity index (χ2v) is 6.24. The maximum Gasteiger partial charge on any atom is 0.0110 e. The lowest BCUT2D eigenvalue weighted by atomic mass is 9.71. The number of hydrogen-bond acceptors (Lipinski definition) is 1. The molecule has 1 nitrogen and oxygen atoms in total. The lowest BCUT2D eigenvalue weighted by Gasteiger charge is -2.34. The Hall–Kier alpha value is -1.08. The summed E-state index contributed by atoms with van der Waals surface area (Å²) in [4.78, 5) is 0. The average Bonchev–Trinajstić information content (AvgIpc) is 2.37. The van der Waals surface area contributed by atoms with Gasteiger partial charge >= 0.3 is 0 Å². The molecule has 0 spiro atoms. The zero-order valence-electron chi connectivity index (χ0n) is 11.7. The highest BCUT2D eigenvalue weighted by Crippen LogP contribution is 2.42. The van der Waals surface area contributed by atoms with Gasteiger partial charge in [-0.25, -0.2) is 0 Å². The van der Waals surface area contributed by atoms with Crippen LogP contribution in [0, 0.1) is 5.41 Å². The smallest absolute Gasteiger partial charge is 0.0110 e. The molecule has 0 aliphatic heterocycles. The molecule has 0 heterocycles. The van der Waals surface area contributed by atoms with Gasteiger partial charge in [0.05, 0.1) is 0 Å². The Labute approximate surface area is 111 Å². The molecule has 1 heteroatoms. The third kappa shape index (κ3) is 3.46. The van der Waals surface area contributed by atoms with E-state index in [4.69, 9.17) is 5.73 Å². The average molecular weight is 243 g/mol. The van der Waals surface area contributed by atoms with E-state index in [1.807, 2.05) is 6.08 Å². The summed E-state index contributed by atoms with van der Waals surface area (Å²) in [7, 11) is 0. The quantitative estimate of drug-likeness (QED) is 0.839. The van der Waals surface area contributed by atoms with E-state index in [0.717, 1.165) is 5.92 Å². The van der Waals surface area contributed by atoms with E-state index in [0.29, 0.717) is 12.0 Å². The summed E-state index contributed by atoms with van der Waals surface area (Å²) in [5.74, 6) is 0.769. The van der Waals surface area contributed by atoms with E-state index in [-0.39, 0.29) is 0 Å². The Balaban J connectivity index is 2.00. The summed E-state index contributed by atoms with van der Waals surface area (Å²) < 4.78 is 0. The van der Waals surface area contributed by atoms with Crippen LogP contribution in [0.1, 0.15) is 56.6 Å². The summed E-state index contributed by atoms with van der Waals surface area (Å²) >= 11 is 0. The highest BCUT2D eigenvalue weighted by molar-refractivity contribution is 5.50. The number of nitrogens with two attached hydrogens (primary N) is 1. The lowest BCUT2D eigenvalue weighted by Crippen LogP contribution is -2.20. The van der Waals surface area contributed by atoms with Crippen LogP contribution in [0.25, 0.3) is 6.08 Å². The second kappa shape index (κ2) is 5.71. The zero-order valence-corrected chi connectivity index (χ0v) is 11.7. The van der Waals surface area contributed by atoms with Gasteiger partial charge in [-0.05, 0) is 48.1 Å². The Morgan fingerprint density at radius 3 is 2.33 bits per heavy atom. The molecule has 0 saturated heterocycles. The molecule has 0 amide bonds. The van der Waals surface area contributed by atoms with Gasteiger partial charge in [-0.15, -0.1) is 0 Å². The van der Waals surface area contributed by atoms with Crippen LogP contribution in [0.2, 0.25) is 0 Å². The number of hydrogen-bond donors (Lipinski definition) is 1. The molecule has 1 aromatic rings. The molecular formula is C17H25N. The van der Waals surface area contributed by atoms with Crippen molar-refractivity contribution in [2.45, 2.75) is 45.4 Å². The van der Waals surface area contributed by atoms with Crippen molar-refractivity contribution in [3.05, 3.63) is 41.5 Å². The summed E-state index contributed by atoms with van der Waals surface area (Å²) in [6, 6.07) is 9.00. The minimum Gasteiger partial charge on any atom is -0.327 e. The predicted octanol–water partition coefficient (Wildman–Crippen LogP) is 4.34. The molecular weight excluding hydrogens is 218 g/mol. The summed E-state index contributed by atoms with van der Waals surface area (Å²) in [6.07, 6.45) is 9.47. The Morgan fingerprint density at radius 2 is 1.78 bits per heavy atom. The minimum atomic E-state index is 0.556. The van der Waals surface area contributed by atoms with Crippen molar-refractivity contribution in [3.63, 3.8) is 0 Å². The van der Waals surface area contributed by atoms with Crippen LogP contribution in [0.3, 0.4) is 0 Å². The normalized spacial score (nSPS) is 20.4. The summed E-state index contributed by atoms with van der Waals surface area (Å²) in [5, 5.41) is 0. The van der Waals surface area contributed by atoms with Gasteiger partial charge in [-0.1, -0.05) is 50.3 Å². The van der Waals surface area contributed by atoms with Crippen molar-refractivity contribution in [1.29, 1.82) is 0 Å². The molecule has 98 valence electrons. The summed E-state index contributed by atoms with van der Waals surface area (Å²) in [5.41, 5.74) is 8.78. The van der Waals surface area contributed by atoms with E-state index in [1.165, 1.54) is 36.8 Å². The molecule has 2 rings (SSSR count). The highest BCUT2D eigenvalue weighted by atomic mass is 14.5. The van der Waals surface area contributed by atoms with Crippen LogP contribution in [-0.4, -0.2) is 6.54 Å². The Bertz CT molecular complexity index is 390. The van der Waals surface area contributed by atoms with Crippen molar-refractivity contribution >= 4 is 6.08 Å². The van der Waals surface area contributed by atoms with E-state index in [9.17, 15) is 0 Å². The van der Waals surface area contributed by atoms with Gasteiger partial charge in [-0.3, -0.25) is 0 Å². The first kappa shape index (κ1) is 13.4. The second-order valence-electron chi connectivity index (χ2n) is 6.24. The number of rotatable bonds is 3. The maximum atomic E-state index is 5.46. The third-order valence-electron chi connectivity index (χ3n) is 4.19. The van der Waals surface area contributed by atoms with Crippen LogP contribution in [0.5, 0.6) is 0 Å². The monoisotopic (exact) mass is 243 g/mol. The van der Waals surface area contributed by atoms with Gasteiger partial charge in [-0.2, -0.15) is 0 Å². The SMILES string of the molecule is CC1(C)CCC(c2ccc(/C=C/CN)cc2)CC1. The van der Waals surface area contributed by atoms with Crippen molar-refractivity contribution < 1.29 is 0 Å². The molecule has 0 bridgehead atoms. The van der Waals surface area contributed by atoms with E-state index in [2.05, 4.69) is 44.2 Å². The van der Waals surface area contributed by atoms with Gasteiger partial charge in [0.15, 0.2) is 0 Å². The summed E-state index contributed by atoms with van der Waals surface area (Å²) in [6.45, 7) is 5.40. The molecule has 1 aromatic carbocycles. The minimum absolute atomic E-state index is 0.556. The van der Waals surface area contributed by atoms with Crippen LogP contribution >= 0.6 is 0 Å². The largest absolute Gasteiger partial charge is 0.327 e. The van der Waals surface area contributed by atoms with Gasteiger partial charge < -0.3 is 5.73 Å². The van der Waals surface area contributed by atoms with Crippen LogP contribution in [0.4, 0.5) is 0 Å². The van der Waals surface area contributed by atoms with Crippen molar-refractivity contribution in [1.82, 2.24) is 0 Å². The van der Waals surface area contributed by atoms with Crippen molar-refractivity contribution in [3.8, 4) is 0 Å². The van der Waals surface area contributed by atoms with E-state index < -0.39 is 0 Å². The molecule has 0 aromatic heterocycles. The molecule has 0 atom stereocenters. The predicted molar refractivity (Wildman–Crippen MR) is 79.5 cm³/mol. The molecule has 18 heavy (non-hydrogen) atoms. The molecule has 0 radical (unpaired) electrons. The topological polar surface area (TPSA) is 26.0 Å². The molecule has 1 aliphatic rings. The molecule has 2 N–H and O–H groups in total. The Morgan fingerprint density at radius 1 is 1.17 bits per heavy atom. The zero-order chi connectivity index (χ0) is 13.0. The highest BCUT2D eigenvalue weighted by Gasteiger charge is 2.27. The van der Waals surface area contributed by atoms with Crippen LogP contribution in [-0.2, 0) is 0 Å². The molecule has 1 aliphatic carbocycles. The van der Waals surface area contributed by atoms with Gasteiger partial charge in [0.2, 0.25) is 0 Å². The molecule has 1 saturated carbocycles. The van der Waals surface area contributed by atoms with Gasteiger partial charge in [0.1, 0.15) is 0 Å². The lowest BCUT2D eigenvalue weighted by molar-refractivity contribution is 0.224. The first-order valence-electron chi connectivity index (χ1n) is 7.07. The fraction of sp³-hybridized carbons (Fsp3) is 0.529.